The van der Waals surface area contributed by atoms with Crippen LogP contribution >= 0.6 is 11.3 Å². The van der Waals surface area contributed by atoms with Gasteiger partial charge in [0.2, 0.25) is 5.91 Å². The van der Waals surface area contributed by atoms with Gasteiger partial charge >= 0.3 is 0 Å². The molecule has 6 heteroatoms. The smallest absolute Gasteiger partial charge is 0.228 e. The van der Waals surface area contributed by atoms with Crippen LogP contribution < -0.4 is 0 Å². The minimum atomic E-state index is -0.231. The quantitative estimate of drug-likeness (QED) is 0.870. The number of morpholine rings is 1. The van der Waals surface area contributed by atoms with Crippen molar-refractivity contribution in [3.05, 3.63) is 46.2 Å². The van der Waals surface area contributed by atoms with Crippen LogP contribution in [0.1, 0.15) is 22.5 Å². The number of thiophene rings is 1. The molecule has 1 saturated heterocycles. The number of amides is 1. The van der Waals surface area contributed by atoms with Gasteiger partial charge in [-0.15, -0.1) is 11.3 Å². The molecule has 2 aromatic rings. The molecule has 2 aromatic heterocycles. The predicted octanol–water partition coefficient (Wildman–Crippen LogP) is 1.99. The van der Waals surface area contributed by atoms with Crippen LogP contribution in [0, 0.1) is 6.92 Å². The Morgan fingerprint density at radius 2 is 2.43 bits per heavy atom. The summed E-state index contributed by atoms with van der Waals surface area (Å²) in [5.41, 5.74) is 0.908. The molecular formula is C15H17N3O2S. The van der Waals surface area contributed by atoms with Crippen LogP contribution in [0.4, 0.5) is 0 Å². The maximum atomic E-state index is 12.3. The van der Waals surface area contributed by atoms with E-state index < -0.39 is 0 Å². The van der Waals surface area contributed by atoms with E-state index in [1.807, 2.05) is 35.4 Å². The summed E-state index contributed by atoms with van der Waals surface area (Å²) < 4.78 is 5.72. The van der Waals surface area contributed by atoms with Crippen molar-refractivity contribution in [2.45, 2.75) is 19.4 Å². The van der Waals surface area contributed by atoms with Crippen molar-refractivity contribution < 1.29 is 9.53 Å². The van der Waals surface area contributed by atoms with E-state index >= 15 is 0 Å². The lowest BCUT2D eigenvalue weighted by Crippen LogP contribution is -2.43. The zero-order chi connectivity index (χ0) is 14.7. The number of aryl methyl sites for hydroxylation is 1. The van der Waals surface area contributed by atoms with Gasteiger partial charge in [0.05, 0.1) is 19.6 Å². The summed E-state index contributed by atoms with van der Waals surface area (Å²) in [6.07, 6.45) is 1.96. The molecule has 1 atom stereocenters. The largest absolute Gasteiger partial charge is 0.367 e. The first-order valence-corrected chi connectivity index (χ1v) is 7.81. The maximum Gasteiger partial charge on any atom is 0.228 e. The van der Waals surface area contributed by atoms with Gasteiger partial charge in [-0.2, -0.15) is 0 Å². The summed E-state index contributed by atoms with van der Waals surface area (Å²) in [5.74, 6) is 0.794. The summed E-state index contributed by atoms with van der Waals surface area (Å²) in [7, 11) is 0. The normalized spacial score (nSPS) is 18.7. The molecule has 3 rings (SSSR count). The van der Waals surface area contributed by atoms with Crippen molar-refractivity contribution in [2.24, 2.45) is 0 Å². The number of hydrogen-bond acceptors (Lipinski definition) is 5. The monoisotopic (exact) mass is 303 g/mol. The molecule has 0 unspecified atom stereocenters. The minimum Gasteiger partial charge on any atom is -0.367 e. The molecule has 5 nitrogen and oxygen atoms in total. The van der Waals surface area contributed by atoms with Crippen LogP contribution in [-0.4, -0.2) is 40.5 Å². The van der Waals surface area contributed by atoms with E-state index in [1.165, 1.54) is 0 Å². The predicted molar refractivity (Wildman–Crippen MR) is 80.1 cm³/mol. The van der Waals surface area contributed by atoms with E-state index in [9.17, 15) is 4.79 Å². The molecule has 3 heterocycles. The van der Waals surface area contributed by atoms with E-state index in [4.69, 9.17) is 4.74 Å². The third-order valence-electron chi connectivity index (χ3n) is 3.43. The number of ether oxygens (including phenoxy) is 1. The molecule has 0 N–H and O–H groups in total. The van der Waals surface area contributed by atoms with Crippen molar-refractivity contribution in [1.82, 2.24) is 14.9 Å². The number of hydrogen-bond donors (Lipinski definition) is 0. The Balaban J connectivity index is 1.66. The van der Waals surface area contributed by atoms with E-state index in [0.717, 1.165) is 10.6 Å². The van der Waals surface area contributed by atoms with Crippen molar-refractivity contribution in [3.8, 4) is 0 Å². The van der Waals surface area contributed by atoms with Crippen LogP contribution in [0.15, 0.2) is 29.8 Å². The second-order valence-electron chi connectivity index (χ2n) is 5.01. The topological polar surface area (TPSA) is 55.3 Å². The summed E-state index contributed by atoms with van der Waals surface area (Å²) in [4.78, 5) is 23.9. The van der Waals surface area contributed by atoms with Crippen LogP contribution in [0.3, 0.4) is 0 Å². The Hall–Kier alpha value is -1.79. The van der Waals surface area contributed by atoms with Gasteiger partial charge in [-0.05, 0) is 24.4 Å². The van der Waals surface area contributed by atoms with E-state index in [0.29, 0.717) is 31.9 Å². The Morgan fingerprint density at radius 1 is 1.52 bits per heavy atom. The first-order valence-electron chi connectivity index (χ1n) is 6.93. The van der Waals surface area contributed by atoms with Crippen molar-refractivity contribution in [3.63, 3.8) is 0 Å². The standard InChI is InChI=1S/C15H17N3O2S/c1-11-4-5-16-15(17-11)13-10-18(6-7-20-13)14(19)9-12-3-2-8-21-12/h2-5,8,13H,6-7,9-10H2,1H3/t13-/m0/s1. The highest BCUT2D eigenvalue weighted by molar-refractivity contribution is 7.10. The molecular weight excluding hydrogens is 286 g/mol. The molecule has 0 aromatic carbocycles. The number of aromatic nitrogens is 2. The molecule has 1 fully saturated rings. The third-order valence-corrected chi connectivity index (χ3v) is 4.30. The molecule has 1 aliphatic heterocycles. The molecule has 0 aliphatic carbocycles. The molecule has 0 saturated carbocycles. The second-order valence-corrected chi connectivity index (χ2v) is 6.04. The average Bonchev–Trinajstić information content (AvgIpc) is 3.00. The second kappa shape index (κ2) is 6.32. The minimum absolute atomic E-state index is 0.137. The fraction of sp³-hybridized carbons (Fsp3) is 0.400. The van der Waals surface area contributed by atoms with Crippen LogP contribution in [0.25, 0.3) is 0 Å². The fourth-order valence-electron chi connectivity index (χ4n) is 2.33. The van der Waals surface area contributed by atoms with Crippen molar-refractivity contribution >= 4 is 17.2 Å². The van der Waals surface area contributed by atoms with Gasteiger partial charge in [-0.25, -0.2) is 9.97 Å². The number of carbonyl (C=O) groups is 1. The molecule has 21 heavy (non-hydrogen) atoms. The van der Waals surface area contributed by atoms with Crippen molar-refractivity contribution in [2.75, 3.05) is 19.7 Å². The highest BCUT2D eigenvalue weighted by Gasteiger charge is 2.27. The molecule has 110 valence electrons. The number of rotatable bonds is 3. The van der Waals surface area contributed by atoms with E-state index in [2.05, 4.69) is 9.97 Å². The van der Waals surface area contributed by atoms with Gasteiger partial charge in [0, 0.05) is 23.3 Å². The Bertz CT molecular complexity index is 615. The van der Waals surface area contributed by atoms with Crippen LogP contribution in [0.5, 0.6) is 0 Å². The fourth-order valence-corrected chi connectivity index (χ4v) is 3.03. The van der Waals surface area contributed by atoms with Crippen LogP contribution in [-0.2, 0) is 16.0 Å². The summed E-state index contributed by atoms with van der Waals surface area (Å²) in [6, 6.07) is 5.81. The van der Waals surface area contributed by atoms with Gasteiger partial charge in [0.1, 0.15) is 6.10 Å². The lowest BCUT2D eigenvalue weighted by Gasteiger charge is -2.32. The third kappa shape index (κ3) is 3.46. The first kappa shape index (κ1) is 14.2. The molecule has 0 spiro atoms. The zero-order valence-corrected chi connectivity index (χ0v) is 12.7. The SMILES string of the molecule is Cc1ccnc([C@@H]2CN(C(=O)Cc3cccs3)CCO2)n1. The highest BCUT2D eigenvalue weighted by atomic mass is 32.1. The average molecular weight is 303 g/mol. The van der Waals surface area contributed by atoms with Gasteiger partial charge in [0.15, 0.2) is 5.82 Å². The van der Waals surface area contributed by atoms with Crippen molar-refractivity contribution in [1.29, 1.82) is 0 Å². The van der Waals surface area contributed by atoms with E-state index in [-0.39, 0.29) is 12.0 Å². The Kier molecular flexibility index (Phi) is 4.26. The highest BCUT2D eigenvalue weighted by Crippen LogP contribution is 2.20. The summed E-state index contributed by atoms with van der Waals surface area (Å²) >= 11 is 1.61. The van der Waals surface area contributed by atoms with Gasteiger partial charge < -0.3 is 9.64 Å². The lowest BCUT2D eigenvalue weighted by molar-refractivity contribution is -0.138. The first-order chi connectivity index (χ1) is 10.2. The molecule has 0 bridgehead atoms. The Morgan fingerprint density at radius 3 is 3.19 bits per heavy atom. The van der Waals surface area contributed by atoms with Gasteiger partial charge in [-0.3, -0.25) is 4.79 Å². The number of carbonyl (C=O) groups excluding carboxylic acids is 1. The number of nitrogens with zero attached hydrogens (tertiary/aromatic N) is 3. The maximum absolute atomic E-state index is 12.3. The summed E-state index contributed by atoms with van der Waals surface area (Å²) in [5, 5.41) is 1.99. The molecule has 0 radical (unpaired) electrons. The molecule has 1 aliphatic rings. The van der Waals surface area contributed by atoms with Gasteiger partial charge in [0.25, 0.3) is 0 Å². The summed E-state index contributed by atoms with van der Waals surface area (Å²) in [6.45, 7) is 3.60. The van der Waals surface area contributed by atoms with E-state index in [1.54, 1.807) is 17.5 Å². The lowest BCUT2D eigenvalue weighted by atomic mass is 10.2. The zero-order valence-electron chi connectivity index (χ0n) is 11.9. The Labute approximate surface area is 127 Å². The van der Waals surface area contributed by atoms with Crippen LogP contribution in [0.2, 0.25) is 0 Å². The molecule has 1 amide bonds. The van der Waals surface area contributed by atoms with Gasteiger partial charge in [-0.1, -0.05) is 6.07 Å².